The molecule has 0 amide bonds. The molecule has 19 heavy (non-hydrogen) atoms. The first kappa shape index (κ1) is 13.1. The van der Waals surface area contributed by atoms with E-state index in [-0.39, 0.29) is 0 Å². The van der Waals surface area contributed by atoms with Crippen molar-refractivity contribution in [2.24, 2.45) is 5.84 Å². The van der Waals surface area contributed by atoms with Gasteiger partial charge in [0.2, 0.25) is 11.8 Å². The van der Waals surface area contributed by atoms with E-state index in [4.69, 9.17) is 15.3 Å². The molecule has 1 unspecified atom stereocenters. The Morgan fingerprint density at radius 2 is 2.00 bits per heavy atom. The lowest BCUT2D eigenvalue weighted by atomic mass is 10.1. The Morgan fingerprint density at radius 3 is 2.58 bits per heavy atom. The lowest BCUT2D eigenvalue weighted by Gasteiger charge is -2.16. The van der Waals surface area contributed by atoms with Crippen LogP contribution in [0.2, 0.25) is 0 Å². The van der Waals surface area contributed by atoms with Gasteiger partial charge in [-0.2, -0.15) is 4.98 Å². The molecule has 2 rings (SSSR count). The molecule has 1 atom stereocenters. The van der Waals surface area contributed by atoms with E-state index in [1.807, 2.05) is 0 Å². The second kappa shape index (κ2) is 6.03. The highest BCUT2D eigenvalue weighted by Crippen LogP contribution is 2.26. The third kappa shape index (κ3) is 2.75. The summed E-state index contributed by atoms with van der Waals surface area (Å²) in [6.07, 6.45) is 6.23. The fraction of sp³-hybridized carbons (Fsp3) is 0.273. The highest BCUT2D eigenvalue weighted by molar-refractivity contribution is 5.30. The Morgan fingerprint density at radius 1 is 1.16 bits per heavy atom. The molecule has 0 aliphatic carbocycles. The van der Waals surface area contributed by atoms with Gasteiger partial charge in [0, 0.05) is 12.4 Å². The van der Waals surface area contributed by atoms with Crippen molar-refractivity contribution in [3.05, 3.63) is 36.2 Å². The van der Waals surface area contributed by atoms with Crippen molar-refractivity contribution in [3.63, 3.8) is 0 Å². The number of nitrogens with two attached hydrogens (primary N) is 1. The van der Waals surface area contributed by atoms with E-state index in [9.17, 15) is 0 Å². The highest BCUT2D eigenvalue weighted by atomic mass is 16.5. The van der Waals surface area contributed by atoms with Gasteiger partial charge < -0.3 is 9.47 Å². The molecule has 0 bridgehead atoms. The van der Waals surface area contributed by atoms with Crippen LogP contribution >= 0.6 is 0 Å². The van der Waals surface area contributed by atoms with Gasteiger partial charge in [-0.25, -0.2) is 10.4 Å². The number of methoxy groups -OCH3 is 2. The number of nitrogens with one attached hydrogen (secondary N) is 1. The molecule has 2 heterocycles. The average Bonchev–Trinajstić information content (AvgIpc) is 2.49. The van der Waals surface area contributed by atoms with Gasteiger partial charge in [-0.3, -0.25) is 15.8 Å². The fourth-order valence-corrected chi connectivity index (χ4v) is 1.58. The summed E-state index contributed by atoms with van der Waals surface area (Å²) in [5.41, 5.74) is 3.74. The number of rotatable bonds is 5. The van der Waals surface area contributed by atoms with Crippen LogP contribution in [-0.4, -0.2) is 34.2 Å². The van der Waals surface area contributed by atoms with E-state index < -0.39 is 6.04 Å². The van der Waals surface area contributed by atoms with Gasteiger partial charge in [0.25, 0.3) is 0 Å². The zero-order valence-electron chi connectivity index (χ0n) is 10.6. The largest absolute Gasteiger partial charge is 0.480 e. The maximum absolute atomic E-state index is 5.56. The molecule has 3 N–H and O–H groups in total. The number of aromatic nitrogens is 4. The van der Waals surface area contributed by atoms with Crippen LogP contribution in [0.4, 0.5) is 0 Å². The Kier molecular flexibility index (Phi) is 4.16. The fourth-order valence-electron chi connectivity index (χ4n) is 1.58. The number of ether oxygens (including phenoxy) is 2. The van der Waals surface area contributed by atoms with Crippen molar-refractivity contribution in [1.29, 1.82) is 0 Å². The van der Waals surface area contributed by atoms with E-state index in [0.717, 1.165) is 0 Å². The van der Waals surface area contributed by atoms with Crippen LogP contribution in [0.25, 0.3) is 0 Å². The average molecular weight is 262 g/mol. The molecule has 0 aliphatic heterocycles. The van der Waals surface area contributed by atoms with Crippen LogP contribution in [0.1, 0.15) is 17.4 Å². The topological polar surface area (TPSA) is 108 Å². The molecular weight excluding hydrogens is 248 g/mol. The van der Waals surface area contributed by atoms with Crippen LogP contribution in [0, 0.1) is 0 Å². The van der Waals surface area contributed by atoms with Gasteiger partial charge >= 0.3 is 0 Å². The molecule has 8 heteroatoms. The summed E-state index contributed by atoms with van der Waals surface area (Å²) in [5, 5.41) is 0. The van der Waals surface area contributed by atoms with Gasteiger partial charge in [0.15, 0.2) is 0 Å². The molecule has 0 saturated carbocycles. The van der Waals surface area contributed by atoms with Gasteiger partial charge in [-0.15, -0.1) is 0 Å². The molecule has 0 aromatic carbocycles. The third-order valence-electron chi connectivity index (χ3n) is 2.47. The Hall–Kier alpha value is -2.32. The summed E-state index contributed by atoms with van der Waals surface area (Å²) in [7, 11) is 3.00. The van der Waals surface area contributed by atoms with Crippen LogP contribution < -0.4 is 20.7 Å². The van der Waals surface area contributed by atoms with E-state index in [2.05, 4.69) is 25.4 Å². The molecule has 0 saturated heterocycles. The molecular formula is C11H14N6O2. The van der Waals surface area contributed by atoms with E-state index in [1.54, 1.807) is 18.6 Å². The van der Waals surface area contributed by atoms with Crippen LogP contribution in [-0.2, 0) is 0 Å². The first-order valence-electron chi connectivity index (χ1n) is 5.47. The number of hydrogen-bond donors (Lipinski definition) is 2. The summed E-state index contributed by atoms with van der Waals surface area (Å²) in [6.45, 7) is 0. The molecule has 2 aromatic rings. The molecule has 0 spiro atoms. The normalized spacial score (nSPS) is 11.9. The number of hydrazine groups is 1. The molecule has 0 aliphatic rings. The molecule has 100 valence electrons. The summed E-state index contributed by atoms with van der Waals surface area (Å²) >= 11 is 0. The molecule has 8 nitrogen and oxygen atoms in total. The molecule has 0 radical (unpaired) electrons. The lowest BCUT2D eigenvalue weighted by molar-refractivity contribution is 0.352. The Bertz CT molecular complexity index is 536. The van der Waals surface area contributed by atoms with E-state index in [1.165, 1.54) is 20.4 Å². The van der Waals surface area contributed by atoms with Crippen LogP contribution in [0.5, 0.6) is 11.8 Å². The zero-order valence-corrected chi connectivity index (χ0v) is 10.6. The summed E-state index contributed by atoms with van der Waals surface area (Å²) in [6, 6.07) is -0.470. The van der Waals surface area contributed by atoms with Crippen molar-refractivity contribution in [3.8, 4) is 11.8 Å². The maximum Gasteiger partial charge on any atom is 0.240 e. The zero-order chi connectivity index (χ0) is 13.7. The van der Waals surface area contributed by atoms with Crippen molar-refractivity contribution < 1.29 is 9.47 Å². The predicted octanol–water partition coefficient (Wildman–Crippen LogP) is -0.164. The first-order valence-corrected chi connectivity index (χ1v) is 5.47. The minimum atomic E-state index is -0.470. The van der Waals surface area contributed by atoms with Gasteiger partial charge in [0.1, 0.15) is 11.7 Å². The summed E-state index contributed by atoms with van der Waals surface area (Å²) in [4.78, 5) is 16.6. The van der Waals surface area contributed by atoms with E-state index >= 15 is 0 Å². The number of hydrogen-bond acceptors (Lipinski definition) is 8. The maximum atomic E-state index is 5.56. The van der Waals surface area contributed by atoms with Gasteiger partial charge in [-0.05, 0) is 0 Å². The minimum Gasteiger partial charge on any atom is -0.480 e. The SMILES string of the molecule is COc1cnc(C(NN)c2cnccn2)c(OC)n1. The highest BCUT2D eigenvalue weighted by Gasteiger charge is 2.21. The van der Waals surface area contributed by atoms with Crippen molar-refractivity contribution in [2.75, 3.05) is 14.2 Å². The number of nitrogens with zero attached hydrogens (tertiary/aromatic N) is 4. The third-order valence-corrected chi connectivity index (χ3v) is 2.47. The monoisotopic (exact) mass is 262 g/mol. The minimum absolute atomic E-state index is 0.313. The van der Waals surface area contributed by atoms with Gasteiger partial charge in [0.05, 0.1) is 32.3 Å². The standard InChI is InChI=1S/C11H14N6O2/c1-18-8-6-15-10(11(16-8)19-2)9(17-12)7-5-13-3-4-14-7/h3-6,9,17H,12H2,1-2H3. The van der Waals surface area contributed by atoms with Crippen LogP contribution in [0.15, 0.2) is 24.8 Å². The summed E-state index contributed by atoms with van der Waals surface area (Å²) < 4.78 is 10.2. The van der Waals surface area contributed by atoms with Gasteiger partial charge in [-0.1, -0.05) is 0 Å². The first-order chi connectivity index (χ1) is 9.30. The Labute approximate surface area is 110 Å². The van der Waals surface area contributed by atoms with Crippen molar-refractivity contribution >= 4 is 0 Å². The predicted molar refractivity (Wildman–Crippen MR) is 66.3 cm³/mol. The molecule has 2 aromatic heterocycles. The summed E-state index contributed by atoms with van der Waals surface area (Å²) in [5.74, 6) is 6.23. The molecule has 0 fully saturated rings. The second-order valence-electron chi connectivity index (χ2n) is 3.54. The van der Waals surface area contributed by atoms with E-state index in [0.29, 0.717) is 23.1 Å². The quantitative estimate of drug-likeness (QED) is 0.565. The smallest absolute Gasteiger partial charge is 0.240 e. The lowest BCUT2D eigenvalue weighted by Crippen LogP contribution is -2.30. The van der Waals surface area contributed by atoms with Crippen molar-refractivity contribution in [2.45, 2.75) is 6.04 Å². The van der Waals surface area contributed by atoms with Crippen LogP contribution in [0.3, 0.4) is 0 Å². The second-order valence-corrected chi connectivity index (χ2v) is 3.54. The Balaban J connectivity index is 2.43. The van der Waals surface area contributed by atoms with Crippen molar-refractivity contribution in [1.82, 2.24) is 25.4 Å².